The molecule has 2 unspecified atom stereocenters. The average Bonchev–Trinajstić information content (AvgIpc) is 2.98. The third-order valence-corrected chi connectivity index (χ3v) is 4.24. The first-order chi connectivity index (χ1) is 9.04. The zero-order valence-electron chi connectivity index (χ0n) is 9.93. The maximum Gasteiger partial charge on any atom is 0.268 e. The number of hydrogen-bond donors (Lipinski definition) is 0. The normalized spacial score (nSPS) is 28.5. The highest BCUT2D eigenvalue weighted by molar-refractivity contribution is 6.29. The minimum absolute atomic E-state index is 0.00227. The molecule has 0 radical (unpaired) electrons. The summed E-state index contributed by atoms with van der Waals surface area (Å²) in [5.41, 5.74) is 1.23. The average molecular weight is 285 g/mol. The van der Waals surface area contributed by atoms with Crippen LogP contribution in [0, 0.1) is 5.92 Å². The lowest BCUT2D eigenvalue weighted by Gasteiger charge is -2.34. The van der Waals surface area contributed by atoms with Gasteiger partial charge in [-0.1, -0.05) is 11.6 Å². The van der Waals surface area contributed by atoms with Crippen molar-refractivity contribution >= 4 is 22.9 Å². The van der Waals surface area contributed by atoms with E-state index in [1.807, 2.05) is 0 Å². The van der Waals surface area contributed by atoms with Crippen molar-refractivity contribution in [3.8, 4) is 0 Å². The van der Waals surface area contributed by atoms with Crippen LogP contribution in [0.5, 0.6) is 0 Å². The topological polar surface area (TPSA) is 33.4 Å². The molecule has 2 aromatic heterocycles. The van der Waals surface area contributed by atoms with E-state index >= 15 is 0 Å². The van der Waals surface area contributed by atoms with Crippen molar-refractivity contribution in [1.82, 2.24) is 14.6 Å². The number of alkyl halides is 2. The van der Waals surface area contributed by atoms with Crippen LogP contribution in [0.3, 0.4) is 0 Å². The van der Waals surface area contributed by atoms with E-state index in [-0.39, 0.29) is 17.5 Å². The van der Waals surface area contributed by atoms with E-state index in [9.17, 15) is 8.78 Å². The lowest BCUT2D eigenvalue weighted by atomic mass is 10.1. The van der Waals surface area contributed by atoms with Crippen molar-refractivity contribution in [1.29, 1.82) is 0 Å². The molecule has 0 aromatic carbocycles. The standard InChI is InChI=1S/C12H11ClF2N4/c13-10-4-8(11-16-1-2-19(11)17-10)18-6-7-3-9(18)12(14,15)5-7/h1-2,4,7,9H,3,5-6H2. The summed E-state index contributed by atoms with van der Waals surface area (Å²) in [5, 5.41) is 4.36. The van der Waals surface area contributed by atoms with Crippen LogP contribution >= 0.6 is 11.6 Å². The Morgan fingerprint density at radius 3 is 3.00 bits per heavy atom. The third-order valence-electron chi connectivity index (χ3n) is 4.06. The summed E-state index contributed by atoms with van der Waals surface area (Å²) < 4.78 is 29.3. The molecule has 7 heteroatoms. The first kappa shape index (κ1) is 11.4. The van der Waals surface area contributed by atoms with Gasteiger partial charge in [-0.25, -0.2) is 18.3 Å². The first-order valence-electron chi connectivity index (χ1n) is 6.19. The zero-order chi connectivity index (χ0) is 13.2. The summed E-state index contributed by atoms with van der Waals surface area (Å²) in [5.74, 6) is -2.57. The third kappa shape index (κ3) is 1.55. The Kier molecular flexibility index (Phi) is 2.14. The van der Waals surface area contributed by atoms with Gasteiger partial charge in [0.15, 0.2) is 10.8 Å². The molecule has 2 fully saturated rings. The number of fused-ring (bicyclic) bond motifs is 3. The SMILES string of the molecule is FC1(F)CC2CC1N(c1cc(Cl)nn3ccnc13)C2. The zero-order valence-corrected chi connectivity index (χ0v) is 10.7. The lowest BCUT2D eigenvalue weighted by Crippen LogP contribution is -2.45. The number of imidazole rings is 1. The van der Waals surface area contributed by atoms with Gasteiger partial charge < -0.3 is 4.90 Å². The van der Waals surface area contributed by atoms with Gasteiger partial charge in [0, 0.05) is 31.4 Å². The fourth-order valence-electron chi connectivity index (χ4n) is 3.34. The Morgan fingerprint density at radius 1 is 1.42 bits per heavy atom. The van der Waals surface area contributed by atoms with Gasteiger partial charge >= 0.3 is 0 Å². The van der Waals surface area contributed by atoms with Crippen molar-refractivity contribution in [3.63, 3.8) is 0 Å². The van der Waals surface area contributed by atoms with Crippen LogP contribution in [0.4, 0.5) is 14.5 Å². The largest absolute Gasteiger partial charge is 0.359 e. The van der Waals surface area contributed by atoms with Gasteiger partial charge in [-0.15, -0.1) is 0 Å². The van der Waals surface area contributed by atoms with E-state index in [1.165, 1.54) is 4.52 Å². The second-order valence-corrected chi connectivity index (χ2v) is 5.67. The van der Waals surface area contributed by atoms with Crippen LogP contribution in [0.1, 0.15) is 12.8 Å². The molecule has 1 saturated heterocycles. The summed E-state index contributed by atoms with van der Waals surface area (Å²) in [6, 6.07) is 0.886. The highest BCUT2D eigenvalue weighted by Gasteiger charge is 2.57. The van der Waals surface area contributed by atoms with Gasteiger partial charge in [-0.05, 0) is 12.3 Å². The summed E-state index contributed by atoms with van der Waals surface area (Å²) in [7, 11) is 0. The molecule has 4 nitrogen and oxygen atoms in total. The van der Waals surface area contributed by atoms with Crippen molar-refractivity contribution < 1.29 is 8.78 Å². The molecule has 0 amide bonds. The molecule has 2 aromatic rings. The quantitative estimate of drug-likeness (QED) is 0.807. The molecule has 19 heavy (non-hydrogen) atoms. The summed E-state index contributed by atoms with van der Waals surface area (Å²) in [6.07, 6.45) is 3.79. The molecule has 2 aliphatic rings. The molecule has 1 aliphatic heterocycles. The molecule has 0 N–H and O–H groups in total. The van der Waals surface area contributed by atoms with Crippen LogP contribution < -0.4 is 4.90 Å². The molecule has 1 aliphatic carbocycles. The smallest absolute Gasteiger partial charge is 0.268 e. The molecule has 3 heterocycles. The summed E-state index contributed by atoms with van der Waals surface area (Å²) in [6.45, 7) is 0.642. The van der Waals surface area contributed by atoms with Gasteiger partial charge in [0.1, 0.15) is 0 Å². The molecule has 100 valence electrons. The Balaban J connectivity index is 1.85. The van der Waals surface area contributed by atoms with E-state index in [1.54, 1.807) is 23.4 Å². The molecule has 1 saturated carbocycles. The van der Waals surface area contributed by atoms with Crippen LogP contribution in [0.15, 0.2) is 18.5 Å². The monoisotopic (exact) mass is 284 g/mol. The van der Waals surface area contributed by atoms with Crippen molar-refractivity contribution in [3.05, 3.63) is 23.6 Å². The van der Waals surface area contributed by atoms with Crippen LogP contribution in [-0.4, -0.2) is 33.1 Å². The van der Waals surface area contributed by atoms with E-state index in [4.69, 9.17) is 11.6 Å². The van der Waals surface area contributed by atoms with Gasteiger partial charge in [0.25, 0.3) is 5.92 Å². The van der Waals surface area contributed by atoms with Gasteiger partial charge in [-0.3, -0.25) is 0 Å². The Labute approximate surface area is 113 Å². The molecule has 2 bridgehead atoms. The molecule has 2 atom stereocenters. The van der Waals surface area contributed by atoms with E-state index in [0.717, 1.165) is 0 Å². The summed E-state index contributed by atoms with van der Waals surface area (Å²) in [4.78, 5) is 5.93. The highest BCUT2D eigenvalue weighted by Crippen LogP contribution is 2.49. The van der Waals surface area contributed by atoms with Crippen LogP contribution in [-0.2, 0) is 0 Å². The number of rotatable bonds is 1. The number of anilines is 1. The molecular formula is C12H11ClF2N4. The van der Waals surface area contributed by atoms with Crippen molar-refractivity contribution in [2.75, 3.05) is 11.4 Å². The van der Waals surface area contributed by atoms with Crippen molar-refractivity contribution in [2.45, 2.75) is 24.8 Å². The van der Waals surface area contributed by atoms with E-state index in [0.29, 0.717) is 24.3 Å². The number of aromatic nitrogens is 3. The van der Waals surface area contributed by atoms with Crippen LogP contribution in [0.25, 0.3) is 5.65 Å². The van der Waals surface area contributed by atoms with Crippen molar-refractivity contribution in [2.24, 2.45) is 5.92 Å². The number of nitrogens with zero attached hydrogens (tertiary/aromatic N) is 4. The predicted molar refractivity (Wildman–Crippen MR) is 66.8 cm³/mol. The second kappa shape index (κ2) is 3.56. The molecule has 0 spiro atoms. The van der Waals surface area contributed by atoms with Gasteiger partial charge in [-0.2, -0.15) is 5.10 Å². The molecule has 4 rings (SSSR count). The maximum atomic E-state index is 13.9. The van der Waals surface area contributed by atoms with E-state index < -0.39 is 12.0 Å². The Morgan fingerprint density at radius 2 is 2.26 bits per heavy atom. The maximum absolute atomic E-state index is 13.9. The number of hydrogen-bond acceptors (Lipinski definition) is 3. The Hall–Kier alpha value is -1.43. The summed E-state index contributed by atoms with van der Waals surface area (Å²) >= 11 is 5.96. The van der Waals surface area contributed by atoms with E-state index in [2.05, 4.69) is 10.1 Å². The lowest BCUT2D eigenvalue weighted by molar-refractivity contribution is -0.0204. The Bertz CT molecular complexity index is 656. The van der Waals surface area contributed by atoms with Gasteiger partial charge in [0.05, 0.1) is 11.7 Å². The fraction of sp³-hybridized carbons (Fsp3) is 0.500. The fourth-order valence-corrected chi connectivity index (χ4v) is 3.52. The predicted octanol–water partition coefficient (Wildman–Crippen LogP) is 2.62. The van der Waals surface area contributed by atoms with Crippen LogP contribution in [0.2, 0.25) is 5.15 Å². The minimum atomic E-state index is -2.62. The first-order valence-corrected chi connectivity index (χ1v) is 6.57. The number of piperidine rings is 1. The highest BCUT2D eigenvalue weighted by atomic mass is 35.5. The molecular weight excluding hydrogens is 274 g/mol. The number of halogens is 3. The van der Waals surface area contributed by atoms with Gasteiger partial charge in [0.2, 0.25) is 0 Å². The minimum Gasteiger partial charge on any atom is -0.359 e. The second-order valence-electron chi connectivity index (χ2n) is 5.28.